The van der Waals surface area contributed by atoms with Gasteiger partial charge in [0, 0.05) is 12.3 Å². The van der Waals surface area contributed by atoms with E-state index in [0.29, 0.717) is 0 Å². The van der Waals surface area contributed by atoms with Crippen LogP contribution in [0, 0.1) is 0 Å². The topological polar surface area (TPSA) is 12.4 Å². The third-order valence-electron chi connectivity index (χ3n) is 1.77. The summed E-state index contributed by atoms with van der Waals surface area (Å²) in [6.45, 7) is 5.21. The van der Waals surface area contributed by atoms with Gasteiger partial charge < -0.3 is 0 Å². The lowest BCUT2D eigenvalue weighted by Gasteiger charge is -2.10. The lowest BCUT2D eigenvalue weighted by molar-refractivity contribution is 0.812. The van der Waals surface area contributed by atoms with Crippen molar-refractivity contribution in [2.24, 2.45) is 4.99 Å². The van der Waals surface area contributed by atoms with E-state index in [2.05, 4.69) is 24.9 Å². The van der Waals surface area contributed by atoms with Crippen LogP contribution in [0.2, 0.25) is 0 Å². The normalized spacial score (nSPS) is 24.2. The highest BCUT2D eigenvalue weighted by Gasteiger charge is 2.04. The van der Waals surface area contributed by atoms with Gasteiger partial charge in [-0.2, -0.15) is 0 Å². The highest BCUT2D eigenvalue weighted by molar-refractivity contribution is 5.98. The second kappa shape index (κ2) is 2.81. The highest BCUT2D eigenvalue weighted by atomic mass is 14.7. The number of aliphatic imine (C=N–C) groups is 1. The minimum absolute atomic E-state index is 1.03. The van der Waals surface area contributed by atoms with E-state index >= 15 is 0 Å². The molecule has 0 aromatic heterocycles. The molecule has 0 aliphatic carbocycles. The molecule has 1 nitrogen and oxygen atoms in total. The molecule has 0 spiro atoms. The summed E-state index contributed by atoms with van der Waals surface area (Å²) in [5.41, 5.74) is 2.67. The van der Waals surface area contributed by atoms with E-state index in [9.17, 15) is 0 Å². The second-order valence-electron chi connectivity index (χ2n) is 2.38. The van der Waals surface area contributed by atoms with Gasteiger partial charge in [0.25, 0.3) is 0 Å². The number of allylic oxidation sites excluding steroid dienone is 2. The molecule has 1 heterocycles. The number of nitrogens with zero attached hydrogens (tertiary/aromatic N) is 1. The summed E-state index contributed by atoms with van der Waals surface area (Å²) in [5.74, 6) is 0. The zero-order valence-corrected chi connectivity index (χ0v) is 6.15. The van der Waals surface area contributed by atoms with Crippen LogP contribution in [0.4, 0.5) is 0 Å². The zero-order chi connectivity index (χ0) is 6.69. The zero-order valence-electron chi connectivity index (χ0n) is 6.15. The first-order valence-electron chi connectivity index (χ1n) is 3.51. The SMILES string of the molecule is C/C=C1\CCCN=C1C. The Hall–Kier alpha value is -0.590. The van der Waals surface area contributed by atoms with Crippen molar-refractivity contribution in [1.82, 2.24) is 0 Å². The van der Waals surface area contributed by atoms with Gasteiger partial charge in [0.15, 0.2) is 0 Å². The molecule has 0 bridgehead atoms. The fourth-order valence-corrected chi connectivity index (χ4v) is 1.15. The molecule has 0 N–H and O–H groups in total. The third-order valence-corrected chi connectivity index (χ3v) is 1.77. The van der Waals surface area contributed by atoms with Gasteiger partial charge in [-0.15, -0.1) is 0 Å². The maximum Gasteiger partial charge on any atom is 0.0395 e. The van der Waals surface area contributed by atoms with Crippen LogP contribution in [-0.2, 0) is 0 Å². The van der Waals surface area contributed by atoms with E-state index in [1.165, 1.54) is 24.1 Å². The summed E-state index contributed by atoms with van der Waals surface area (Å²) in [5, 5.41) is 0. The maximum atomic E-state index is 4.33. The van der Waals surface area contributed by atoms with Crippen LogP contribution in [0.15, 0.2) is 16.6 Å². The average Bonchev–Trinajstić information content (AvgIpc) is 1.89. The van der Waals surface area contributed by atoms with Crippen LogP contribution in [0.25, 0.3) is 0 Å². The molecule has 1 aliphatic rings. The van der Waals surface area contributed by atoms with Gasteiger partial charge in [0.05, 0.1) is 0 Å². The molecule has 0 aromatic carbocycles. The van der Waals surface area contributed by atoms with Crippen molar-refractivity contribution in [2.45, 2.75) is 26.7 Å². The number of rotatable bonds is 0. The fourth-order valence-electron chi connectivity index (χ4n) is 1.15. The summed E-state index contributed by atoms with van der Waals surface area (Å²) in [4.78, 5) is 4.33. The minimum atomic E-state index is 1.03. The predicted octanol–water partition coefficient (Wildman–Crippen LogP) is 2.19. The molecule has 0 radical (unpaired) electrons. The van der Waals surface area contributed by atoms with Crippen molar-refractivity contribution in [2.75, 3.05) is 6.54 Å². The van der Waals surface area contributed by atoms with Crippen LogP contribution < -0.4 is 0 Å². The largest absolute Gasteiger partial charge is 0.290 e. The van der Waals surface area contributed by atoms with Crippen molar-refractivity contribution >= 4 is 5.71 Å². The molecule has 1 aliphatic heterocycles. The first kappa shape index (κ1) is 6.53. The molecular formula is C8H13N. The Balaban J connectivity index is 2.73. The van der Waals surface area contributed by atoms with Crippen molar-refractivity contribution in [3.63, 3.8) is 0 Å². The van der Waals surface area contributed by atoms with Gasteiger partial charge in [0.1, 0.15) is 0 Å². The molecule has 0 atom stereocenters. The van der Waals surface area contributed by atoms with Gasteiger partial charge in [0.2, 0.25) is 0 Å². The Morgan fingerprint density at radius 2 is 2.33 bits per heavy atom. The van der Waals surface area contributed by atoms with Gasteiger partial charge in [-0.25, -0.2) is 0 Å². The van der Waals surface area contributed by atoms with Crippen LogP contribution in [-0.4, -0.2) is 12.3 Å². The Morgan fingerprint density at radius 1 is 1.56 bits per heavy atom. The second-order valence-corrected chi connectivity index (χ2v) is 2.38. The van der Waals surface area contributed by atoms with E-state index in [4.69, 9.17) is 0 Å². The van der Waals surface area contributed by atoms with Gasteiger partial charge in [-0.05, 0) is 32.3 Å². The molecule has 0 aromatic rings. The standard InChI is InChI=1S/C8H13N/c1-3-8-5-4-6-9-7(8)2/h3H,4-6H2,1-2H3/b8-3+. The first-order chi connectivity index (χ1) is 4.34. The van der Waals surface area contributed by atoms with Crippen LogP contribution >= 0.6 is 0 Å². The molecule has 1 rings (SSSR count). The molecule has 0 saturated heterocycles. The fraction of sp³-hybridized carbons (Fsp3) is 0.625. The highest BCUT2D eigenvalue weighted by Crippen LogP contribution is 2.12. The monoisotopic (exact) mass is 123 g/mol. The van der Waals surface area contributed by atoms with Crippen molar-refractivity contribution in [1.29, 1.82) is 0 Å². The summed E-state index contributed by atoms with van der Waals surface area (Å²) >= 11 is 0. The molecule has 0 unspecified atom stereocenters. The lowest BCUT2D eigenvalue weighted by atomic mass is 10.0. The van der Waals surface area contributed by atoms with E-state index in [0.717, 1.165) is 6.54 Å². The molecule has 50 valence electrons. The predicted molar refractivity (Wildman–Crippen MR) is 41.0 cm³/mol. The smallest absolute Gasteiger partial charge is 0.0395 e. The molecule has 1 heteroatoms. The van der Waals surface area contributed by atoms with Gasteiger partial charge >= 0.3 is 0 Å². The molecule has 0 amide bonds. The van der Waals surface area contributed by atoms with Crippen molar-refractivity contribution in [3.05, 3.63) is 11.6 Å². The van der Waals surface area contributed by atoms with E-state index < -0.39 is 0 Å². The van der Waals surface area contributed by atoms with Gasteiger partial charge in [-0.1, -0.05) is 6.08 Å². The maximum absolute atomic E-state index is 4.33. The lowest BCUT2D eigenvalue weighted by Crippen LogP contribution is -2.05. The van der Waals surface area contributed by atoms with Crippen LogP contribution in [0.3, 0.4) is 0 Å². The van der Waals surface area contributed by atoms with Crippen molar-refractivity contribution < 1.29 is 0 Å². The van der Waals surface area contributed by atoms with Crippen molar-refractivity contribution in [3.8, 4) is 0 Å². The Labute approximate surface area is 56.5 Å². The van der Waals surface area contributed by atoms with E-state index in [-0.39, 0.29) is 0 Å². The van der Waals surface area contributed by atoms with Crippen LogP contribution in [0.5, 0.6) is 0 Å². The third kappa shape index (κ3) is 1.41. The molecule has 0 saturated carbocycles. The quantitative estimate of drug-likeness (QED) is 0.468. The molecule has 0 fully saturated rings. The summed E-state index contributed by atoms with van der Waals surface area (Å²) in [7, 11) is 0. The van der Waals surface area contributed by atoms with E-state index in [1.807, 2.05) is 0 Å². The summed E-state index contributed by atoms with van der Waals surface area (Å²) < 4.78 is 0. The Bertz CT molecular complexity index is 154. The Morgan fingerprint density at radius 3 is 2.78 bits per heavy atom. The van der Waals surface area contributed by atoms with Gasteiger partial charge in [-0.3, -0.25) is 4.99 Å². The summed E-state index contributed by atoms with van der Waals surface area (Å²) in [6, 6.07) is 0. The van der Waals surface area contributed by atoms with E-state index in [1.54, 1.807) is 0 Å². The Kier molecular flexibility index (Phi) is 2.04. The average molecular weight is 123 g/mol. The number of hydrogen-bond acceptors (Lipinski definition) is 1. The van der Waals surface area contributed by atoms with Crippen LogP contribution in [0.1, 0.15) is 26.7 Å². The molecule has 9 heavy (non-hydrogen) atoms. The number of hydrogen-bond donors (Lipinski definition) is 0. The molecular weight excluding hydrogens is 110 g/mol. The summed E-state index contributed by atoms with van der Waals surface area (Å²) in [6.07, 6.45) is 4.63. The first-order valence-corrected chi connectivity index (χ1v) is 3.51. The minimum Gasteiger partial charge on any atom is -0.290 e.